The van der Waals surface area contributed by atoms with E-state index in [-0.39, 0.29) is 11.3 Å². The molecule has 7 nitrogen and oxygen atoms in total. The van der Waals surface area contributed by atoms with Gasteiger partial charge in [-0.3, -0.25) is 10.1 Å². The first-order valence-electron chi connectivity index (χ1n) is 9.01. The van der Waals surface area contributed by atoms with Gasteiger partial charge in [-0.25, -0.2) is 10.2 Å². The summed E-state index contributed by atoms with van der Waals surface area (Å²) in [5.74, 6) is -0.460. The summed E-state index contributed by atoms with van der Waals surface area (Å²) in [6.45, 7) is 7.14. The first kappa shape index (κ1) is 21.1. The molecule has 7 heteroatoms. The van der Waals surface area contributed by atoms with Crippen LogP contribution in [0.1, 0.15) is 48.4 Å². The molecule has 2 aromatic carbocycles. The van der Waals surface area contributed by atoms with E-state index < -0.39 is 17.5 Å². The summed E-state index contributed by atoms with van der Waals surface area (Å²) < 4.78 is 0. The van der Waals surface area contributed by atoms with Crippen LogP contribution in [0.15, 0.2) is 53.6 Å². The fourth-order valence-electron chi connectivity index (χ4n) is 2.99. The summed E-state index contributed by atoms with van der Waals surface area (Å²) in [4.78, 5) is 22.7. The van der Waals surface area contributed by atoms with Gasteiger partial charge < -0.3 is 5.73 Å². The van der Waals surface area contributed by atoms with Gasteiger partial charge in [-0.2, -0.15) is 5.10 Å². The number of urea groups is 1. The van der Waals surface area contributed by atoms with E-state index in [4.69, 9.17) is 5.73 Å². The Hall–Kier alpha value is -3.22. The Bertz CT molecular complexity index is 872. The normalized spacial score (nSPS) is 13.1. The summed E-state index contributed by atoms with van der Waals surface area (Å²) in [5, 5.41) is 16.0. The van der Waals surface area contributed by atoms with Crippen molar-refractivity contribution in [1.29, 1.82) is 0 Å². The molecule has 28 heavy (non-hydrogen) atoms. The molecule has 0 aliphatic carbocycles. The number of nitrogens with two attached hydrogens (primary N) is 1. The van der Waals surface area contributed by atoms with E-state index in [9.17, 15) is 14.9 Å². The molecule has 0 aliphatic heterocycles. The molecule has 0 spiro atoms. The number of aryl methyl sites for hydroxylation is 2. The first-order valence-corrected chi connectivity index (χ1v) is 9.01. The Labute approximate surface area is 164 Å². The Kier molecular flexibility index (Phi) is 6.51. The maximum absolute atomic E-state index is 11.8. The van der Waals surface area contributed by atoms with Crippen LogP contribution in [-0.2, 0) is 0 Å². The third-order valence-electron chi connectivity index (χ3n) is 4.89. The molecule has 0 aliphatic rings. The van der Waals surface area contributed by atoms with Crippen molar-refractivity contribution < 1.29 is 9.72 Å². The molecule has 0 aromatic heterocycles. The molecule has 0 saturated heterocycles. The van der Waals surface area contributed by atoms with Gasteiger partial charge in [-0.05, 0) is 25.0 Å². The van der Waals surface area contributed by atoms with Gasteiger partial charge in [-0.15, -0.1) is 0 Å². The fourth-order valence-corrected chi connectivity index (χ4v) is 2.99. The van der Waals surface area contributed by atoms with Crippen LogP contribution in [0.5, 0.6) is 0 Å². The van der Waals surface area contributed by atoms with Gasteiger partial charge in [-0.1, -0.05) is 59.7 Å². The highest BCUT2D eigenvalue weighted by atomic mass is 16.6. The van der Waals surface area contributed by atoms with E-state index in [1.165, 1.54) is 0 Å². The maximum Gasteiger partial charge on any atom is 0.332 e. The molecule has 2 amide bonds. The predicted molar refractivity (Wildman–Crippen MR) is 110 cm³/mol. The zero-order chi connectivity index (χ0) is 20.9. The van der Waals surface area contributed by atoms with Gasteiger partial charge in [0, 0.05) is 25.2 Å². The lowest BCUT2D eigenvalue weighted by atomic mass is 9.78. The van der Waals surface area contributed by atoms with Crippen molar-refractivity contribution in [3.8, 4) is 0 Å². The zero-order valence-electron chi connectivity index (χ0n) is 16.6. The number of benzene rings is 2. The van der Waals surface area contributed by atoms with E-state index in [1.807, 2.05) is 62.4 Å². The summed E-state index contributed by atoms with van der Waals surface area (Å²) >= 11 is 0. The number of hydrogen-bond acceptors (Lipinski definition) is 4. The molecule has 0 bridgehead atoms. The number of primary amides is 1. The second kappa shape index (κ2) is 8.65. The number of carbonyl (C=O) groups excluding carboxylic acids is 1. The lowest BCUT2D eigenvalue weighted by molar-refractivity contribution is -0.565. The number of carbonyl (C=O) groups is 1. The molecule has 2 rings (SSSR count). The average Bonchev–Trinajstić information content (AvgIpc) is 2.63. The van der Waals surface area contributed by atoms with E-state index in [0.29, 0.717) is 5.71 Å². The van der Waals surface area contributed by atoms with Crippen molar-refractivity contribution in [3.05, 3.63) is 80.9 Å². The van der Waals surface area contributed by atoms with E-state index in [1.54, 1.807) is 13.8 Å². The Morgan fingerprint density at radius 2 is 1.61 bits per heavy atom. The van der Waals surface area contributed by atoms with E-state index in [2.05, 4.69) is 10.5 Å². The van der Waals surface area contributed by atoms with Crippen molar-refractivity contribution in [3.63, 3.8) is 0 Å². The molecular formula is C21H26N4O3. The predicted octanol–water partition coefficient (Wildman–Crippen LogP) is 3.91. The number of nitrogens with one attached hydrogen (secondary N) is 1. The molecule has 3 N–H and O–H groups in total. The van der Waals surface area contributed by atoms with Gasteiger partial charge in [0.05, 0.1) is 11.6 Å². The number of hydrogen-bond donors (Lipinski definition) is 2. The Morgan fingerprint density at radius 3 is 2.07 bits per heavy atom. The standard InChI is InChI=1S/C21H26N4O3/c1-14-5-9-16(10-6-14)18(21(3,4)25(27)28)13-19(23-24-20(22)26)17-11-7-15(2)8-12-17/h5-12,18H,13H2,1-4H3,(H3,22,24,26)/b23-19-. The molecule has 1 atom stereocenters. The number of nitro groups is 1. The topological polar surface area (TPSA) is 111 Å². The van der Waals surface area contributed by atoms with Crippen LogP contribution < -0.4 is 11.2 Å². The van der Waals surface area contributed by atoms with Crippen molar-refractivity contribution in [2.45, 2.75) is 45.6 Å². The lowest BCUT2D eigenvalue weighted by Crippen LogP contribution is -2.39. The second-order valence-electron chi connectivity index (χ2n) is 7.48. The third-order valence-corrected chi connectivity index (χ3v) is 4.89. The molecule has 0 radical (unpaired) electrons. The third kappa shape index (κ3) is 5.16. The largest absolute Gasteiger partial charge is 0.350 e. The van der Waals surface area contributed by atoms with Gasteiger partial charge in [0.15, 0.2) is 0 Å². The summed E-state index contributed by atoms with van der Waals surface area (Å²) in [7, 11) is 0. The van der Waals surface area contributed by atoms with Crippen LogP contribution in [0.25, 0.3) is 0 Å². The van der Waals surface area contributed by atoms with E-state index >= 15 is 0 Å². The van der Waals surface area contributed by atoms with Crippen molar-refractivity contribution >= 4 is 11.7 Å². The molecule has 148 valence electrons. The first-order chi connectivity index (χ1) is 13.1. The van der Waals surface area contributed by atoms with Crippen LogP contribution in [-0.4, -0.2) is 22.2 Å². The lowest BCUT2D eigenvalue weighted by Gasteiger charge is -2.28. The van der Waals surface area contributed by atoms with Gasteiger partial charge in [0.25, 0.3) is 0 Å². The number of amides is 2. The molecule has 0 saturated carbocycles. The minimum Gasteiger partial charge on any atom is -0.350 e. The van der Waals surface area contributed by atoms with Crippen LogP contribution in [0.4, 0.5) is 4.79 Å². The monoisotopic (exact) mass is 382 g/mol. The highest BCUT2D eigenvalue weighted by molar-refractivity contribution is 6.01. The van der Waals surface area contributed by atoms with Crippen molar-refractivity contribution in [2.75, 3.05) is 0 Å². The quantitative estimate of drug-likeness (QED) is 0.430. The van der Waals surface area contributed by atoms with Crippen LogP contribution in [0, 0.1) is 24.0 Å². The van der Waals surface area contributed by atoms with Crippen molar-refractivity contribution in [2.24, 2.45) is 10.8 Å². The number of nitrogens with zero attached hydrogens (tertiary/aromatic N) is 2. The van der Waals surface area contributed by atoms with Gasteiger partial charge in [0.2, 0.25) is 5.54 Å². The summed E-state index contributed by atoms with van der Waals surface area (Å²) in [5.41, 5.74) is 10.5. The Balaban J connectivity index is 2.51. The highest BCUT2D eigenvalue weighted by Crippen LogP contribution is 2.35. The molecule has 0 fully saturated rings. The smallest absolute Gasteiger partial charge is 0.332 e. The van der Waals surface area contributed by atoms with Crippen molar-refractivity contribution in [1.82, 2.24) is 5.43 Å². The Morgan fingerprint density at radius 1 is 1.11 bits per heavy atom. The highest BCUT2D eigenvalue weighted by Gasteiger charge is 2.42. The van der Waals surface area contributed by atoms with Crippen LogP contribution >= 0.6 is 0 Å². The molecular weight excluding hydrogens is 356 g/mol. The van der Waals surface area contributed by atoms with Crippen LogP contribution in [0.2, 0.25) is 0 Å². The molecule has 0 heterocycles. The minimum atomic E-state index is -1.24. The van der Waals surface area contributed by atoms with Crippen LogP contribution in [0.3, 0.4) is 0 Å². The average molecular weight is 382 g/mol. The molecule has 1 unspecified atom stereocenters. The summed E-state index contributed by atoms with van der Waals surface area (Å²) in [6.07, 6.45) is 0.264. The maximum atomic E-state index is 11.8. The van der Waals surface area contributed by atoms with Gasteiger partial charge >= 0.3 is 6.03 Å². The molecule has 2 aromatic rings. The van der Waals surface area contributed by atoms with Gasteiger partial charge in [0.1, 0.15) is 0 Å². The van der Waals surface area contributed by atoms with E-state index in [0.717, 1.165) is 22.3 Å². The summed E-state index contributed by atoms with van der Waals surface area (Å²) in [6, 6.07) is 14.5. The minimum absolute atomic E-state index is 0.264. The second-order valence-corrected chi connectivity index (χ2v) is 7.48. The zero-order valence-corrected chi connectivity index (χ0v) is 16.6. The number of hydrazone groups is 1. The fraction of sp³-hybridized carbons (Fsp3) is 0.333. The number of rotatable bonds is 7. The SMILES string of the molecule is Cc1ccc(/C(CC(c2ccc(C)cc2)C(C)(C)[N+](=O)[O-])=N\NC(N)=O)cc1.